The van der Waals surface area contributed by atoms with E-state index in [2.05, 4.69) is 32.6 Å². The van der Waals surface area contributed by atoms with E-state index >= 15 is 0 Å². The molecule has 0 unspecified atom stereocenters. The summed E-state index contributed by atoms with van der Waals surface area (Å²) in [5.41, 5.74) is 1.33. The number of unbranched alkanes of at least 4 members (excludes halogenated alkanes) is 8. The van der Waals surface area contributed by atoms with Gasteiger partial charge < -0.3 is 0 Å². The van der Waals surface area contributed by atoms with Crippen LogP contribution < -0.4 is 0 Å². The lowest BCUT2D eigenvalue weighted by atomic mass is 10.1. The molecule has 2 rings (SSSR count). The minimum atomic E-state index is 0.910. The quantitative estimate of drug-likeness (QED) is 0.252. The fraction of sp³-hybridized carbons (Fsp3) is 0.632. The van der Waals surface area contributed by atoms with E-state index in [0.717, 1.165) is 19.4 Å². The van der Waals surface area contributed by atoms with Crippen LogP contribution in [-0.2, 0) is 13.0 Å². The van der Waals surface area contributed by atoms with E-state index in [1.54, 1.807) is 0 Å². The average Bonchev–Trinajstić information content (AvgIpc) is 3.40. The molecule has 0 aliphatic heterocycles. The van der Waals surface area contributed by atoms with E-state index in [9.17, 15) is 0 Å². The van der Waals surface area contributed by atoms with Crippen LogP contribution in [0, 0.1) is 0 Å². The molecule has 0 aliphatic carbocycles. The van der Waals surface area contributed by atoms with Crippen LogP contribution >= 0.6 is 0 Å². The Morgan fingerprint density at radius 2 is 1.57 bits per heavy atom. The zero-order chi connectivity index (χ0) is 16.0. The Hall–Kier alpha value is -1.71. The molecule has 0 radical (unpaired) electrons. The van der Waals surface area contributed by atoms with Crippen LogP contribution in [0.4, 0.5) is 0 Å². The molecule has 0 aromatic carbocycles. The van der Waals surface area contributed by atoms with E-state index in [4.69, 9.17) is 0 Å². The van der Waals surface area contributed by atoms with Crippen molar-refractivity contribution in [2.75, 3.05) is 0 Å². The van der Waals surface area contributed by atoms with Crippen LogP contribution in [0.2, 0.25) is 0 Å². The maximum atomic E-state index is 4.56. The summed E-state index contributed by atoms with van der Waals surface area (Å²) in [6.07, 6.45) is 22.5. The van der Waals surface area contributed by atoms with Crippen molar-refractivity contribution < 1.29 is 9.36 Å². The molecule has 0 spiro atoms. The van der Waals surface area contributed by atoms with Gasteiger partial charge in [-0.3, -0.25) is 4.98 Å². The third-order valence-corrected chi connectivity index (χ3v) is 4.13. The van der Waals surface area contributed by atoms with Crippen molar-refractivity contribution in [1.29, 1.82) is 0 Å². The SMILES string of the molecule is C(=CCCc1cccnc1)CCCCCCCCCCn1oo1. The lowest BCUT2D eigenvalue weighted by Gasteiger charge is -2.00. The Labute approximate surface area is 139 Å². The topological polar surface area (TPSA) is 44.1 Å². The summed E-state index contributed by atoms with van der Waals surface area (Å²) in [5, 5.41) is 0. The lowest BCUT2D eigenvalue weighted by Crippen LogP contribution is -1.87. The molecular formula is C19H30N2O2. The van der Waals surface area contributed by atoms with Crippen molar-refractivity contribution >= 4 is 0 Å². The first-order valence-electron chi connectivity index (χ1n) is 9.11. The van der Waals surface area contributed by atoms with Crippen molar-refractivity contribution in [1.82, 2.24) is 9.90 Å². The number of rotatable bonds is 14. The van der Waals surface area contributed by atoms with Gasteiger partial charge in [-0.05, 0) is 43.7 Å². The van der Waals surface area contributed by atoms with E-state index < -0.39 is 0 Å². The molecule has 0 saturated heterocycles. The molecular weight excluding hydrogens is 288 g/mol. The monoisotopic (exact) mass is 318 g/mol. The summed E-state index contributed by atoms with van der Waals surface area (Å²) < 4.78 is 9.13. The smallest absolute Gasteiger partial charge is 0.0996 e. The molecule has 23 heavy (non-hydrogen) atoms. The first kappa shape index (κ1) is 17.6. The summed E-state index contributed by atoms with van der Waals surface area (Å²) >= 11 is 0. The molecule has 2 aromatic rings. The first-order chi connectivity index (χ1) is 11.4. The molecule has 2 heterocycles. The number of pyridine rings is 1. The lowest BCUT2D eigenvalue weighted by molar-refractivity contribution is 0.264. The van der Waals surface area contributed by atoms with Crippen LogP contribution in [0.1, 0.15) is 69.8 Å². The van der Waals surface area contributed by atoms with E-state index in [0.29, 0.717) is 0 Å². The third-order valence-electron chi connectivity index (χ3n) is 4.13. The second-order valence-corrected chi connectivity index (χ2v) is 6.19. The highest BCUT2D eigenvalue weighted by molar-refractivity contribution is 5.09. The highest BCUT2D eigenvalue weighted by Gasteiger charge is 2.00. The van der Waals surface area contributed by atoms with E-state index in [-0.39, 0.29) is 0 Å². The van der Waals surface area contributed by atoms with Gasteiger partial charge >= 0.3 is 0 Å². The van der Waals surface area contributed by atoms with Crippen molar-refractivity contribution in [2.45, 2.75) is 77.2 Å². The van der Waals surface area contributed by atoms with Gasteiger partial charge in [-0.15, -0.1) is 9.36 Å². The van der Waals surface area contributed by atoms with E-state index in [1.165, 1.54) is 68.3 Å². The average molecular weight is 318 g/mol. The molecule has 128 valence electrons. The molecule has 0 saturated carbocycles. The van der Waals surface area contributed by atoms with Crippen molar-refractivity contribution in [3.8, 4) is 0 Å². The van der Waals surface area contributed by atoms with Gasteiger partial charge in [0.15, 0.2) is 0 Å². The van der Waals surface area contributed by atoms with Gasteiger partial charge in [-0.2, -0.15) is 0 Å². The molecule has 0 N–H and O–H groups in total. The molecule has 2 aromatic heterocycles. The number of allylic oxidation sites excluding steroid dienone is 2. The van der Waals surface area contributed by atoms with Gasteiger partial charge in [0.25, 0.3) is 0 Å². The van der Waals surface area contributed by atoms with Gasteiger partial charge in [0.2, 0.25) is 0 Å². The molecule has 0 atom stereocenters. The highest BCUT2D eigenvalue weighted by Crippen LogP contribution is 2.11. The summed E-state index contributed by atoms with van der Waals surface area (Å²) in [6, 6.07) is 4.15. The molecule has 4 heteroatoms. The van der Waals surface area contributed by atoms with Crippen LogP contribution in [-0.4, -0.2) is 9.90 Å². The zero-order valence-electron chi connectivity index (χ0n) is 14.2. The maximum absolute atomic E-state index is 4.56. The summed E-state index contributed by atoms with van der Waals surface area (Å²) in [4.78, 5) is 5.67. The van der Waals surface area contributed by atoms with Gasteiger partial charge in [-0.1, -0.05) is 56.7 Å². The minimum absolute atomic E-state index is 0.910. The summed E-state index contributed by atoms with van der Waals surface area (Å²) in [7, 11) is 0. The fourth-order valence-corrected chi connectivity index (χ4v) is 2.69. The largest absolute Gasteiger partial charge is 0.264 e. The Morgan fingerprint density at radius 3 is 2.26 bits per heavy atom. The number of aromatic nitrogens is 2. The number of hydrogen-bond donors (Lipinski definition) is 0. The predicted molar refractivity (Wildman–Crippen MR) is 92.2 cm³/mol. The van der Waals surface area contributed by atoms with E-state index in [1.807, 2.05) is 18.5 Å². The second-order valence-electron chi connectivity index (χ2n) is 6.19. The van der Waals surface area contributed by atoms with Gasteiger partial charge in [0.05, 0.1) is 6.54 Å². The van der Waals surface area contributed by atoms with Crippen LogP contribution in [0.5, 0.6) is 0 Å². The van der Waals surface area contributed by atoms with Gasteiger partial charge in [-0.25, -0.2) is 0 Å². The Kier molecular flexibility index (Phi) is 9.05. The van der Waals surface area contributed by atoms with Crippen LogP contribution in [0.15, 0.2) is 46.0 Å². The molecule has 4 nitrogen and oxygen atoms in total. The Balaban J connectivity index is 1.30. The van der Waals surface area contributed by atoms with Crippen molar-refractivity contribution in [3.63, 3.8) is 0 Å². The van der Waals surface area contributed by atoms with Crippen LogP contribution in [0.3, 0.4) is 0 Å². The number of hydrogen-bond acceptors (Lipinski definition) is 3. The number of aryl methyl sites for hydroxylation is 2. The fourth-order valence-electron chi connectivity index (χ4n) is 2.69. The highest BCUT2D eigenvalue weighted by atomic mass is 17.3. The van der Waals surface area contributed by atoms with Gasteiger partial charge in [0.1, 0.15) is 0 Å². The normalized spacial score (nSPS) is 11.7. The first-order valence-corrected chi connectivity index (χ1v) is 9.11. The second kappa shape index (κ2) is 11.8. The Morgan fingerprint density at radius 1 is 0.870 bits per heavy atom. The van der Waals surface area contributed by atoms with Gasteiger partial charge in [0, 0.05) is 17.3 Å². The molecule has 0 bridgehead atoms. The van der Waals surface area contributed by atoms with Crippen LogP contribution in [0.25, 0.3) is 0 Å². The molecule has 0 fully saturated rings. The maximum Gasteiger partial charge on any atom is 0.0996 e. The summed E-state index contributed by atoms with van der Waals surface area (Å²) in [6.45, 7) is 0.910. The Bertz CT molecular complexity index is 487. The minimum Gasteiger partial charge on any atom is -0.264 e. The zero-order valence-corrected chi connectivity index (χ0v) is 14.2. The number of nitrogens with zero attached hydrogens (tertiary/aromatic N) is 2. The van der Waals surface area contributed by atoms with Crippen molar-refractivity contribution in [2.24, 2.45) is 0 Å². The summed E-state index contributed by atoms with van der Waals surface area (Å²) in [5.74, 6) is 0. The predicted octanol–water partition coefficient (Wildman–Crippen LogP) is 5.77. The molecule has 0 aliphatic rings. The standard InChI is InChI=1S/C19H30N2O2/c1(2-4-6-8-10-12-17-21-22-23-21)3-5-7-9-11-14-19-15-13-16-20-18-19/h7,9,13,15-16,18H,1-6,8,10-12,14,17H2. The van der Waals surface area contributed by atoms with Crippen molar-refractivity contribution in [3.05, 3.63) is 42.2 Å². The third kappa shape index (κ3) is 9.82. The molecule has 0 amide bonds.